The first-order valence-electron chi connectivity index (χ1n) is 11.2. The van der Waals surface area contributed by atoms with E-state index in [1.54, 1.807) is 9.13 Å². The molecule has 5 aromatic rings. The minimum atomic E-state index is -0.973. The zero-order valence-electron chi connectivity index (χ0n) is 19.4. The number of pyridine rings is 1. The molecule has 7 nitrogen and oxygen atoms in total. The van der Waals surface area contributed by atoms with Gasteiger partial charge in [-0.25, -0.2) is 9.78 Å². The highest BCUT2D eigenvalue weighted by molar-refractivity contribution is 5.87. The number of nitrogens with zero attached hydrogens (tertiary/aromatic N) is 4. The third kappa shape index (κ3) is 3.59. The fraction of sp³-hybridized carbons (Fsp3) is 0.222. The number of rotatable bonds is 6. The molecule has 0 saturated heterocycles. The van der Waals surface area contributed by atoms with Gasteiger partial charge in [0.05, 0.1) is 24.5 Å². The second-order valence-electron chi connectivity index (χ2n) is 8.79. The smallest absolute Gasteiger partial charge is 0.331 e. The number of aliphatic carboxylic acids is 1. The number of carbonyl (C=O) groups is 1. The van der Waals surface area contributed by atoms with E-state index in [1.807, 2.05) is 62.5 Å². The molecule has 1 N–H and O–H groups in total. The molecule has 7 heteroatoms. The van der Waals surface area contributed by atoms with Crippen LogP contribution in [0.1, 0.15) is 34.8 Å². The molecular formula is C27H26N4O3. The van der Waals surface area contributed by atoms with Crippen LogP contribution >= 0.6 is 0 Å². The van der Waals surface area contributed by atoms with Crippen molar-refractivity contribution in [3.05, 3.63) is 99.7 Å². The largest absolute Gasteiger partial charge is 0.481 e. The number of carboxylic acids is 1. The van der Waals surface area contributed by atoms with E-state index >= 15 is 0 Å². The molecule has 3 aromatic heterocycles. The zero-order valence-corrected chi connectivity index (χ0v) is 19.4. The molecule has 2 aromatic carbocycles. The van der Waals surface area contributed by atoms with Crippen molar-refractivity contribution in [3.63, 3.8) is 0 Å². The van der Waals surface area contributed by atoms with Gasteiger partial charge in [-0.3, -0.25) is 13.9 Å². The minimum absolute atomic E-state index is 0.216. The molecule has 0 amide bonds. The molecule has 3 heterocycles. The van der Waals surface area contributed by atoms with Crippen LogP contribution in [-0.4, -0.2) is 29.8 Å². The van der Waals surface area contributed by atoms with Crippen molar-refractivity contribution in [2.24, 2.45) is 7.05 Å². The molecule has 0 saturated carbocycles. The first-order chi connectivity index (χ1) is 16.3. The van der Waals surface area contributed by atoms with Crippen LogP contribution in [0.15, 0.2) is 71.7 Å². The van der Waals surface area contributed by atoms with E-state index in [0.717, 1.165) is 33.3 Å². The van der Waals surface area contributed by atoms with E-state index in [4.69, 9.17) is 0 Å². The average Bonchev–Trinajstić information content (AvgIpc) is 3.27. The molecule has 1 atom stereocenters. The number of hydrogen-bond acceptors (Lipinski definition) is 3. The van der Waals surface area contributed by atoms with Gasteiger partial charge in [-0.15, -0.1) is 0 Å². The average molecular weight is 455 g/mol. The standard InChI is InChI=1S/C27H26N4O3/c1-17-8-7-11-21-25(17)20(15-29(21)3)16-30-22-13-12-18(2)28-26(22)31(27(30)34)23(14-24(32)33)19-9-5-4-6-10-19/h4-13,15,23H,14,16H2,1-3H3,(H,32,33). The maximum absolute atomic E-state index is 13.9. The minimum Gasteiger partial charge on any atom is -0.481 e. The highest BCUT2D eigenvalue weighted by Crippen LogP contribution is 2.28. The van der Waals surface area contributed by atoms with Crippen molar-refractivity contribution in [3.8, 4) is 0 Å². The van der Waals surface area contributed by atoms with Crippen LogP contribution in [0.4, 0.5) is 0 Å². The lowest BCUT2D eigenvalue weighted by atomic mass is 10.0. The number of aromatic nitrogens is 4. The molecule has 34 heavy (non-hydrogen) atoms. The monoisotopic (exact) mass is 454 g/mol. The van der Waals surface area contributed by atoms with Gasteiger partial charge in [-0.2, -0.15) is 0 Å². The molecule has 0 spiro atoms. The van der Waals surface area contributed by atoms with Gasteiger partial charge in [0.2, 0.25) is 0 Å². The molecule has 5 rings (SSSR count). The second kappa shape index (κ2) is 8.33. The number of carboxylic acid groups (broad SMARTS) is 1. The summed E-state index contributed by atoms with van der Waals surface area (Å²) in [5.41, 5.74) is 5.72. The van der Waals surface area contributed by atoms with Gasteiger partial charge in [0, 0.05) is 29.8 Å². The molecule has 0 radical (unpaired) electrons. The Morgan fingerprint density at radius 1 is 1.00 bits per heavy atom. The summed E-state index contributed by atoms with van der Waals surface area (Å²) in [4.78, 5) is 30.4. The van der Waals surface area contributed by atoms with Crippen molar-refractivity contribution in [1.29, 1.82) is 0 Å². The predicted octanol–water partition coefficient (Wildman–Crippen LogP) is 4.42. The van der Waals surface area contributed by atoms with Crippen LogP contribution in [-0.2, 0) is 18.4 Å². The van der Waals surface area contributed by atoms with Crippen LogP contribution in [0.2, 0.25) is 0 Å². The van der Waals surface area contributed by atoms with Crippen molar-refractivity contribution < 1.29 is 9.90 Å². The highest BCUT2D eigenvalue weighted by atomic mass is 16.4. The summed E-state index contributed by atoms with van der Waals surface area (Å²) in [5, 5.41) is 10.8. The quantitative estimate of drug-likeness (QED) is 0.412. The van der Waals surface area contributed by atoms with Crippen molar-refractivity contribution in [1.82, 2.24) is 18.7 Å². The Kier molecular flexibility index (Phi) is 5.32. The maximum atomic E-state index is 13.9. The van der Waals surface area contributed by atoms with Crippen LogP contribution in [0, 0.1) is 13.8 Å². The zero-order chi connectivity index (χ0) is 24.0. The molecule has 172 valence electrons. The number of imidazole rings is 1. The van der Waals surface area contributed by atoms with Gasteiger partial charge in [0.1, 0.15) is 0 Å². The number of fused-ring (bicyclic) bond motifs is 2. The number of hydrogen-bond donors (Lipinski definition) is 1. The Bertz CT molecular complexity index is 1590. The van der Waals surface area contributed by atoms with E-state index in [-0.39, 0.29) is 12.1 Å². The Labute approximate surface area is 196 Å². The Hall–Kier alpha value is -4.13. The van der Waals surface area contributed by atoms with Gasteiger partial charge >= 0.3 is 11.7 Å². The fourth-order valence-electron chi connectivity index (χ4n) is 4.90. The summed E-state index contributed by atoms with van der Waals surface area (Å²) in [6.45, 7) is 4.30. The van der Waals surface area contributed by atoms with E-state index in [1.165, 1.54) is 0 Å². The fourth-order valence-corrected chi connectivity index (χ4v) is 4.90. The van der Waals surface area contributed by atoms with Crippen molar-refractivity contribution >= 4 is 28.0 Å². The van der Waals surface area contributed by atoms with Crippen LogP contribution < -0.4 is 5.69 Å². The summed E-state index contributed by atoms with van der Waals surface area (Å²) in [7, 11) is 2.00. The molecule has 0 fully saturated rings. The molecule has 0 aliphatic heterocycles. The highest BCUT2D eigenvalue weighted by Gasteiger charge is 2.26. The van der Waals surface area contributed by atoms with Crippen LogP contribution in [0.25, 0.3) is 22.1 Å². The summed E-state index contributed by atoms with van der Waals surface area (Å²) in [6, 6.07) is 18.6. The lowest BCUT2D eigenvalue weighted by molar-refractivity contribution is -0.137. The molecular weight excluding hydrogens is 428 g/mol. The normalized spacial score (nSPS) is 12.4. The molecule has 1 unspecified atom stereocenters. The molecule has 0 aliphatic carbocycles. The van der Waals surface area contributed by atoms with Gasteiger partial charge in [-0.1, -0.05) is 42.5 Å². The van der Waals surface area contributed by atoms with E-state index in [2.05, 4.69) is 34.8 Å². The third-order valence-corrected chi connectivity index (χ3v) is 6.44. The van der Waals surface area contributed by atoms with Gasteiger partial charge in [0.15, 0.2) is 5.65 Å². The van der Waals surface area contributed by atoms with E-state index < -0.39 is 12.0 Å². The van der Waals surface area contributed by atoms with E-state index in [0.29, 0.717) is 17.7 Å². The van der Waals surface area contributed by atoms with Crippen LogP contribution in [0.3, 0.4) is 0 Å². The number of aryl methyl sites for hydroxylation is 3. The van der Waals surface area contributed by atoms with Gasteiger partial charge in [0.25, 0.3) is 0 Å². The lowest BCUT2D eigenvalue weighted by Crippen LogP contribution is -2.29. The maximum Gasteiger partial charge on any atom is 0.331 e. The van der Waals surface area contributed by atoms with Gasteiger partial charge in [-0.05, 0) is 48.7 Å². The van der Waals surface area contributed by atoms with Gasteiger partial charge < -0.3 is 9.67 Å². The van der Waals surface area contributed by atoms with Crippen LogP contribution in [0.5, 0.6) is 0 Å². The topological polar surface area (TPSA) is 82.1 Å². The first kappa shape index (κ1) is 21.7. The summed E-state index contributed by atoms with van der Waals surface area (Å²) < 4.78 is 5.33. The predicted molar refractivity (Wildman–Crippen MR) is 132 cm³/mol. The lowest BCUT2D eigenvalue weighted by Gasteiger charge is -2.17. The number of benzene rings is 2. The summed E-state index contributed by atoms with van der Waals surface area (Å²) >= 11 is 0. The van der Waals surface area contributed by atoms with E-state index in [9.17, 15) is 14.7 Å². The summed E-state index contributed by atoms with van der Waals surface area (Å²) in [5.74, 6) is -0.973. The Balaban J connectivity index is 1.75. The SMILES string of the molecule is Cc1ccc2c(n1)n(C(CC(=O)O)c1ccccc1)c(=O)n2Cc1cn(C)c2cccc(C)c12. The Morgan fingerprint density at radius 2 is 1.76 bits per heavy atom. The first-order valence-corrected chi connectivity index (χ1v) is 11.2. The molecule has 0 aliphatic rings. The molecule has 0 bridgehead atoms. The van der Waals surface area contributed by atoms with Crippen molar-refractivity contribution in [2.45, 2.75) is 32.9 Å². The third-order valence-electron chi connectivity index (χ3n) is 6.44. The van der Waals surface area contributed by atoms with Crippen molar-refractivity contribution in [2.75, 3.05) is 0 Å². The second-order valence-corrected chi connectivity index (χ2v) is 8.79. The Morgan fingerprint density at radius 3 is 2.50 bits per heavy atom. The summed E-state index contributed by atoms with van der Waals surface area (Å²) in [6.07, 6.45) is 1.84.